The summed E-state index contributed by atoms with van der Waals surface area (Å²) in [5.41, 5.74) is 0. The monoisotopic (exact) mass is 396 g/mol. The molecule has 4 atom stereocenters. The predicted molar refractivity (Wildman–Crippen MR) is 114 cm³/mol. The summed E-state index contributed by atoms with van der Waals surface area (Å²) in [5, 5.41) is 0.0747. The fourth-order valence-electron chi connectivity index (χ4n) is 2.77. The Kier molecular flexibility index (Phi) is 9.07. The molecule has 0 heterocycles. The summed E-state index contributed by atoms with van der Waals surface area (Å²) in [6.45, 7) is 15.2. The maximum absolute atomic E-state index is 11.8. The number of hydrogen-bond acceptors (Lipinski definition) is 4. The number of ether oxygens (including phenoxy) is 1. The average Bonchev–Trinajstić information content (AvgIpc) is 2.58. The van der Waals surface area contributed by atoms with E-state index in [-0.39, 0.29) is 17.1 Å². The summed E-state index contributed by atoms with van der Waals surface area (Å²) in [6, 6.07) is 10.4. The number of benzene rings is 1. The molecule has 0 aliphatic carbocycles. The van der Waals surface area contributed by atoms with Crippen LogP contribution < -0.4 is 0 Å². The standard InChI is InChI=1S/C21H36O3SSi/c1-16(15-25-18-12-10-9-11-13-18)20(23-6)17(2)19(14-22)24-26(7,8)21(3,4)5/h9-14,16-17,19-20H,15H2,1-8H3/t16-,17+,19+,20+/m0/s1. The summed E-state index contributed by atoms with van der Waals surface area (Å²) >= 11 is 1.83. The molecule has 5 heteroatoms. The van der Waals surface area contributed by atoms with Gasteiger partial charge in [0.25, 0.3) is 0 Å². The lowest BCUT2D eigenvalue weighted by Crippen LogP contribution is -2.48. The van der Waals surface area contributed by atoms with Gasteiger partial charge in [-0.2, -0.15) is 0 Å². The Morgan fingerprint density at radius 2 is 1.73 bits per heavy atom. The zero-order valence-corrected chi connectivity index (χ0v) is 19.4. The SMILES string of the molecule is CO[C@@H]([C@H](C)[C@@H](C=O)O[Si](C)(C)C(C)(C)C)[C@@H](C)CSc1ccccc1. The molecule has 0 aromatic heterocycles. The van der Waals surface area contributed by atoms with Gasteiger partial charge in [0.15, 0.2) is 8.32 Å². The third-order valence-electron chi connectivity index (χ3n) is 5.50. The summed E-state index contributed by atoms with van der Waals surface area (Å²) < 4.78 is 12.2. The maximum Gasteiger partial charge on any atom is 0.193 e. The van der Waals surface area contributed by atoms with Gasteiger partial charge < -0.3 is 14.0 Å². The van der Waals surface area contributed by atoms with Crippen LogP contribution in [0.25, 0.3) is 0 Å². The van der Waals surface area contributed by atoms with Gasteiger partial charge in [-0.15, -0.1) is 11.8 Å². The topological polar surface area (TPSA) is 35.5 Å². The molecule has 148 valence electrons. The molecule has 0 fully saturated rings. The van der Waals surface area contributed by atoms with Crippen LogP contribution >= 0.6 is 11.8 Å². The fourth-order valence-corrected chi connectivity index (χ4v) is 5.07. The van der Waals surface area contributed by atoms with E-state index in [4.69, 9.17) is 9.16 Å². The molecule has 26 heavy (non-hydrogen) atoms. The first-order valence-electron chi connectivity index (χ1n) is 9.37. The number of methoxy groups -OCH3 is 1. The zero-order chi connectivity index (χ0) is 20.0. The highest BCUT2D eigenvalue weighted by Crippen LogP contribution is 2.38. The van der Waals surface area contributed by atoms with Crippen LogP contribution in [-0.4, -0.2) is 39.7 Å². The number of carbonyl (C=O) groups is 1. The summed E-state index contributed by atoms with van der Waals surface area (Å²) in [7, 11) is -0.273. The van der Waals surface area contributed by atoms with Crippen molar-refractivity contribution < 1.29 is 14.0 Å². The van der Waals surface area contributed by atoms with Gasteiger partial charge >= 0.3 is 0 Å². The van der Waals surface area contributed by atoms with Crippen LogP contribution in [0.1, 0.15) is 34.6 Å². The van der Waals surface area contributed by atoms with Crippen molar-refractivity contribution in [2.24, 2.45) is 11.8 Å². The number of thioether (sulfide) groups is 1. The van der Waals surface area contributed by atoms with Gasteiger partial charge in [0.2, 0.25) is 0 Å². The Morgan fingerprint density at radius 3 is 2.19 bits per heavy atom. The molecule has 0 amide bonds. The molecule has 0 saturated heterocycles. The lowest BCUT2D eigenvalue weighted by molar-refractivity contribution is -0.120. The minimum Gasteiger partial charge on any atom is -0.407 e. The fraction of sp³-hybridized carbons (Fsp3) is 0.667. The largest absolute Gasteiger partial charge is 0.407 e. The van der Waals surface area contributed by atoms with E-state index >= 15 is 0 Å². The van der Waals surface area contributed by atoms with Gasteiger partial charge in [-0.05, 0) is 36.2 Å². The summed E-state index contributed by atoms with van der Waals surface area (Å²) in [6.07, 6.45) is 0.519. The number of hydrogen-bond donors (Lipinski definition) is 0. The van der Waals surface area contributed by atoms with Gasteiger partial charge in [-0.3, -0.25) is 0 Å². The predicted octanol–water partition coefficient (Wildman–Crippen LogP) is 5.66. The first kappa shape index (κ1) is 23.4. The first-order chi connectivity index (χ1) is 12.0. The van der Waals surface area contributed by atoms with Crippen molar-refractivity contribution in [1.82, 2.24) is 0 Å². The van der Waals surface area contributed by atoms with E-state index in [0.717, 1.165) is 12.0 Å². The van der Waals surface area contributed by atoms with Crippen molar-refractivity contribution in [3.8, 4) is 0 Å². The first-order valence-corrected chi connectivity index (χ1v) is 13.3. The van der Waals surface area contributed by atoms with Crippen LogP contribution in [0.2, 0.25) is 18.1 Å². The van der Waals surface area contributed by atoms with Crippen LogP contribution in [0.4, 0.5) is 0 Å². The lowest BCUT2D eigenvalue weighted by atomic mass is 9.90. The van der Waals surface area contributed by atoms with Gasteiger partial charge in [0.1, 0.15) is 12.4 Å². The minimum atomic E-state index is -2.01. The smallest absolute Gasteiger partial charge is 0.193 e. The molecule has 3 nitrogen and oxygen atoms in total. The minimum absolute atomic E-state index is 0.0120. The van der Waals surface area contributed by atoms with Gasteiger partial charge in [0, 0.05) is 23.7 Å². The Morgan fingerprint density at radius 1 is 1.15 bits per heavy atom. The second-order valence-electron chi connectivity index (χ2n) is 8.64. The van der Waals surface area contributed by atoms with Crippen molar-refractivity contribution in [1.29, 1.82) is 0 Å². The number of rotatable bonds is 10. The average molecular weight is 397 g/mol. The number of aldehydes is 1. The Hall–Kier alpha value is -0.623. The third kappa shape index (κ3) is 6.52. The van der Waals surface area contributed by atoms with Crippen LogP contribution in [0.5, 0.6) is 0 Å². The van der Waals surface area contributed by atoms with Gasteiger partial charge in [0.05, 0.1) is 6.10 Å². The van der Waals surface area contributed by atoms with Gasteiger partial charge in [-0.25, -0.2) is 0 Å². The van der Waals surface area contributed by atoms with E-state index in [1.165, 1.54) is 4.90 Å². The molecule has 0 bridgehead atoms. The molecule has 1 aromatic carbocycles. The molecule has 0 radical (unpaired) electrons. The molecule has 0 unspecified atom stereocenters. The third-order valence-corrected chi connectivity index (χ3v) is 11.3. The van der Waals surface area contributed by atoms with E-state index < -0.39 is 14.4 Å². The molecule has 0 aliphatic heterocycles. The van der Waals surface area contributed by atoms with Crippen molar-refractivity contribution >= 4 is 26.4 Å². The quantitative estimate of drug-likeness (QED) is 0.291. The molecular weight excluding hydrogens is 360 g/mol. The highest BCUT2D eigenvalue weighted by molar-refractivity contribution is 7.99. The Balaban J connectivity index is 2.77. The summed E-state index contributed by atoms with van der Waals surface area (Å²) in [5.74, 6) is 1.27. The normalized spacial score (nSPS) is 17.4. The molecule has 0 saturated carbocycles. The van der Waals surface area contributed by atoms with Crippen molar-refractivity contribution in [3.63, 3.8) is 0 Å². The molecular formula is C21H36O3SSi. The molecule has 1 aromatic rings. The maximum atomic E-state index is 11.8. The Bertz CT molecular complexity index is 542. The van der Waals surface area contributed by atoms with Crippen LogP contribution in [0, 0.1) is 11.8 Å². The molecule has 0 aliphatic rings. The molecule has 1 rings (SSSR count). The van der Waals surface area contributed by atoms with E-state index in [2.05, 4.69) is 72.0 Å². The molecule has 0 N–H and O–H groups in total. The highest BCUT2D eigenvalue weighted by Gasteiger charge is 2.41. The Labute approximate surface area is 165 Å². The van der Waals surface area contributed by atoms with Crippen LogP contribution in [0.15, 0.2) is 35.2 Å². The van der Waals surface area contributed by atoms with Gasteiger partial charge in [-0.1, -0.05) is 52.8 Å². The summed E-state index contributed by atoms with van der Waals surface area (Å²) in [4.78, 5) is 13.1. The highest BCUT2D eigenvalue weighted by atomic mass is 32.2. The zero-order valence-electron chi connectivity index (χ0n) is 17.6. The van der Waals surface area contributed by atoms with E-state index in [9.17, 15) is 4.79 Å². The second kappa shape index (κ2) is 10.1. The van der Waals surface area contributed by atoms with Crippen molar-refractivity contribution in [3.05, 3.63) is 30.3 Å². The number of carbonyl (C=O) groups excluding carboxylic acids is 1. The van der Waals surface area contributed by atoms with Crippen molar-refractivity contribution in [2.75, 3.05) is 12.9 Å². The van der Waals surface area contributed by atoms with E-state index in [0.29, 0.717) is 5.92 Å². The van der Waals surface area contributed by atoms with E-state index in [1.54, 1.807) is 7.11 Å². The second-order valence-corrected chi connectivity index (χ2v) is 14.5. The van der Waals surface area contributed by atoms with Crippen LogP contribution in [0.3, 0.4) is 0 Å². The van der Waals surface area contributed by atoms with E-state index in [1.807, 2.05) is 17.8 Å². The van der Waals surface area contributed by atoms with Crippen LogP contribution in [-0.2, 0) is 14.0 Å². The van der Waals surface area contributed by atoms with Crippen molar-refractivity contribution in [2.45, 2.75) is 69.9 Å². The molecule has 0 spiro atoms. The lowest BCUT2D eigenvalue weighted by Gasteiger charge is -2.41.